The van der Waals surface area contributed by atoms with Crippen molar-refractivity contribution >= 4 is 11.4 Å². The summed E-state index contributed by atoms with van der Waals surface area (Å²) in [4.78, 5) is 20.0. The molecule has 5 nitrogen and oxygen atoms in total. The van der Waals surface area contributed by atoms with E-state index in [9.17, 15) is 4.79 Å². The zero-order valence-electron chi connectivity index (χ0n) is 11.0. The van der Waals surface area contributed by atoms with Gasteiger partial charge in [-0.3, -0.25) is 4.79 Å². The number of nitrogens with zero attached hydrogens (tertiary/aromatic N) is 3. The Hall–Kier alpha value is -2.69. The number of hydrogen-bond donors (Lipinski definition) is 0. The Labute approximate surface area is 115 Å². The molecule has 0 aliphatic rings. The third-order valence-corrected chi connectivity index (χ3v) is 2.92. The van der Waals surface area contributed by atoms with Crippen LogP contribution in [0.2, 0.25) is 0 Å². The van der Waals surface area contributed by atoms with E-state index in [1.807, 2.05) is 35.0 Å². The van der Waals surface area contributed by atoms with Crippen molar-refractivity contribution in [2.45, 2.75) is 13.5 Å². The molecule has 0 saturated carbocycles. The first-order valence-electron chi connectivity index (χ1n) is 6.25. The minimum atomic E-state index is -0.0666. The van der Waals surface area contributed by atoms with Crippen LogP contribution in [0.4, 0.5) is 0 Å². The van der Waals surface area contributed by atoms with Crippen molar-refractivity contribution < 1.29 is 9.53 Å². The van der Waals surface area contributed by atoms with Crippen LogP contribution >= 0.6 is 0 Å². The Balaban J connectivity index is 1.81. The maximum absolute atomic E-state index is 11.5. The zero-order valence-corrected chi connectivity index (χ0v) is 11.0. The van der Waals surface area contributed by atoms with E-state index in [2.05, 4.69) is 9.97 Å². The quantitative estimate of drug-likeness (QED) is 0.681. The van der Waals surface area contributed by atoms with Gasteiger partial charge in [0.2, 0.25) is 5.88 Å². The average Bonchev–Trinajstić information content (AvgIpc) is 2.88. The first-order chi connectivity index (χ1) is 9.74. The summed E-state index contributed by atoms with van der Waals surface area (Å²) in [7, 11) is 0. The first-order valence-corrected chi connectivity index (χ1v) is 6.25. The van der Waals surface area contributed by atoms with Gasteiger partial charge in [0, 0.05) is 18.6 Å². The topological polar surface area (TPSA) is 56.5 Å². The summed E-state index contributed by atoms with van der Waals surface area (Å²) in [5, 5.41) is 0. The Morgan fingerprint density at radius 2 is 2.20 bits per heavy atom. The smallest absolute Gasteiger partial charge is 0.224 e. The number of aromatic nitrogens is 3. The lowest BCUT2D eigenvalue weighted by Crippen LogP contribution is -2.03. The van der Waals surface area contributed by atoms with Crippen molar-refractivity contribution in [3.63, 3.8) is 0 Å². The molecule has 0 bridgehead atoms. The highest BCUT2D eigenvalue weighted by Gasteiger charge is 2.10. The number of imidazole rings is 1. The molecule has 0 aliphatic heterocycles. The van der Waals surface area contributed by atoms with Crippen LogP contribution in [0.15, 0.2) is 48.9 Å². The van der Waals surface area contributed by atoms with Crippen LogP contribution in [0.5, 0.6) is 5.88 Å². The molecule has 0 aliphatic carbocycles. The molecule has 0 atom stereocenters. The van der Waals surface area contributed by atoms with Gasteiger partial charge in [0.05, 0.1) is 11.3 Å². The molecule has 20 heavy (non-hydrogen) atoms. The fourth-order valence-electron chi connectivity index (χ4n) is 1.97. The molecule has 0 spiro atoms. The molecular weight excluding hydrogens is 254 g/mol. The fraction of sp³-hybridized carbons (Fsp3) is 0.133. The van der Waals surface area contributed by atoms with E-state index in [1.165, 1.54) is 6.92 Å². The minimum Gasteiger partial charge on any atom is -0.471 e. The van der Waals surface area contributed by atoms with Gasteiger partial charge in [0.1, 0.15) is 12.3 Å². The molecule has 3 aromatic heterocycles. The summed E-state index contributed by atoms with van der Waals surface area (Å²) in [6, 6.07) is 9.21. The molecule has 0 fully saturated rings. The standard InChI is InChI=1S/C15H13N3O2/c1-11(19)13-5-4-7-16-15(13)20-10-12-9-18-8-3-2-6-14(18)17-12/h2-9H,10H2,1H3. The highest BCUT2D eigenvalue weighted by atomic mass is 16.5. The van der Waals surface area contributed by atoms with Crippen molar-refractivity contribution in [3.8, 4) is 5.88 Å². The van der Waals surface area contributed by atoms with Gasteiger partial charge in [-0.05, 0) is 31.2 Å². The summed E-state index contributed by atoms with van der Waals surface area (Å²) in [5.41, 5.74) is 2.13. The summed E-state index contributed by atoms with van der Waals surface area (Å²) in [6.45, 7) is 1.77. The normalized spacial score (nSPS) is 10.7. The van der Waals surface area contributed by atoms with Crippen molar-refractivity contribution in [2.75, 3.05) is 0 Å². The van der Waals surface area contributed by atoms with Crippen LogP contribution in [0.25, 0.3) is 5.65 Å². The van der Waals surface area contributed by atoms with Crippen LogP contribution in [-0.4, -0.2) is 20.2 Å². The number of hydrogen-bond acceptors (Lipinski definition) is 4. The molecule has 0 radical (unpaired) electrons. The van der Waals surface area contributed by atoms with Crippen molar-refractivity contribution in [1.82, 2.24) is 14.4 Å². The van der Waals surface area contributed by atoms with E-state index in [-0.39, 0.29) is 12.4 Å². The Kier molecular flexibility index (Phi) is 3.16. The van der Waals surface area contributed by atoms with Gasteiger partial charge in [-0.15, -0.1) is 0 Å². The molecule has 3 aromatic rings. The van der Waals surface area contributed by atoms with Gasteiger partial charge in [0.15, 0.2) is 5.78 Å². The number of carbonyl (C=O) groups excluding carboxylic acids is 1. The van der Waals surface area contributed by atoms with E-state index in [4.69, 9.17) is 4.74 Å². The third-order valence-electron chi connectivity index (χ3n) is 2.92. The average molecular weight is 267 g/mol. The van der Waals surface area contributed by atoms with E-state index in [1.54, 1.807) is 18.3 Å². The molecule has 5 heteroatoms. The van der Waals surface area contributed by atoms with Crippen molar-refractivity contribution in [2.24, 2.45) is 0 Å². The molecular formula is C15H13N3O2. The molecule has 3 heterocycles. The first kappa shape index (κ1) is 12.3. The Bertz CT molecular complexity index is 731. The highest BCUT2D eigenvalue weighted by molar-refractivity contribution is 5.96. The lowest BCUT2D eigenvalue weighted by atomic mass is 10.2. The number of fused-ring (bicyclic) bond motifs is 1. The van der Waals surface area contributed by atoms with Crippen molar-refractivity contribution in [1.29, 1.82) is 0 Å². The molecule has 0 unspecified atom stereocenters. The van der Waals surface area contributed by atoms with Gasteiger partial charge in [-0.2, -0.15) is 0 Å². The zero-order chi connectivity index (χ0) is 13.9. The van der Waals surface area contributed by atoms with E-state index in [0.717, 1.165) is 11.3 Å². The highest BCUT2D eigenvalue weighted by Crippen LogP contribution is 2.16. The Morgan fingerprint density at radius 3 is 3.00 bits per heavy atom. The molecule has 0 amide bonds. The molecule has 3 rings (SSSR count). The lowest BCUT2D eigenvalue weighted by Gasteiger charge is -2.06. The van der Waals surface area contributed by atoms with Crippen LogP contribution in [0, 0.1) is 0 Å². The van der Waals surface area contributed by atoms with Crippen LogP contribution in [-0.2, 0) is 6.61 Å². The molecule has 0 N–H and O–H groups in total. The third kappa shape index (κ3) is 2.38. The van der Waals surface area contributed by atoms with Gasteiger partial charge >= 0.3 is 0 Å². The largest absolute Gasteiger partial charge is 0.471 e. The van der Waals surface area contributed by atoms with E-state index in [0.29, 0.717) is 11.4 Å². The summed E-state index contributed by atoms with van der Waals surface area (Å²) < 4.78 is 7.53. The second-order valence-corrected chi connectivity index (χ2v) is 4.40. The van der Waals surface area contributed by atoms with Gasteiger partial charge < -0.3 is 9.14 Å². The lowest BCUT2D eigenvalue weighted by molar-refractivity contribution is 0.101. The number of ketones is 1. The molecule has 0 aromatic carbocycles. The van der Waals surface area contributed by atoms with Gasteiger partial charge in [0.25, 0.3) is 0 Å². The number of ether oxygens (including phenoxy) is 1. The number of rotatable bonds is 4. The summed E-state index contributed by atoms with van der Waals surface area (Å²) >= 11 is 0. The van der Waals surface area contributed by atoms with Crippen LogP contribution in [0.3, 0.4) is 0 Å². The van der Waals surface area contributed by atoms with E-state index >= 15 is 0 Å². The van der Waals surface area contributed by atoms with Gasteiger partial charge in [-0.1, -0.05) is 6.07 Å². The second-order valence-electron chi connectivity index (χ2n) is 4.40. The van der Waals surface area contributed by atoms with Crippen LogP contribution in [0.1, 0.15) is 23.0 Å². The molecule has 100 valence electrons. The SMILES string of the molecule is CC(=O)c1cccnc1OCc1cn2ccccc2n1. The summed E-state index contributed by atoms with van der Waals surface area (Å²) in [6.07, 6.45) is 5.42. The molecule has 0 saturated heterocycles. The number of pyridine rings is 2. The maximum Gasteiger partial charge on any atom is 0.224 e. The number of Topliss-reactive ketones (excluding diaryl/α,β-unsaturated/α-hetero) is 1. The number of carbonyl (C=O) groups is 1. The predicted octanol–water partition coefficient (Wildman–Crippen LogP) is 2.51. The van der Waals surface area contributed by atoms with Gasteiger partial charge in [-0.25, -0.2) is 9.97 Å². The minimum absolute atomic E-state index is 0.0666. The monoisotopic (exact) mass is 267 g/mol. The Morgan fingerprint density at radius 1 is 1.30 bits per heavy atom. The fourth-order valence-corrected chi connectivity index (χ4v) is 1.97. The van der Waals surface area contributed by atoms with E-state index < -0.39 is 0 Å². The maximum atomic E-state index is 11.5. The summed E-state index contributed by atoms with van der Waals surface area (Å²) in [5.74, 6) is 0.278. The second kappa shape index (κ2) is 5.13. The van der Waals surface area contributed by atoms with Crippen LogP contribution < -0.4 is 4.74 Å². The predicted molar refractivity (Wildman–Crippen MR) is 73.8 cm³/mol. The van der Waals surface area contributed by atoms with Crippen molar-refractivity contribution in [3.05, 3.63) is 60.2 Å².